The van der Waals surface area contributed by atoms with Crippen LogP contribution in [-0.4, -0.2) is 18.9 Å². The summed E-state index contributed by atoms with van der Waals surface area (Å²) in [4.78, 5) is 11.5. The number of likely N-dealkylation sites (N-methyl/N-ethyl adjacent to an activating group) is 1. The number of hydrogen-bond acceptors (Lipinski definition) is 2. The van der Waals surface area contributed by atoms with Crippen LogP contribution in [0.3, 0.4) is 0 Å². The summed E-state index contributed by atoms with van der Waals surface area (Å²) in [7, 11) is 1.72. The van der Waals surface area contributed by atoms with Crippen molar-refractivity contribution in [3.63, 3.8) is 0 Å². The van der Waals surface area contributed by atoms with Crippen molar-refractivity contribution in [3.8, 4) is 0 Å². The molecule has 4 heteroatoms. The monoisotopic (exact) mass is 229 g/mol. The minimum Gasteiger partial charge on any atom is -0.311 e. The fourth-order valence-electron chi connectivity index (χ4n) is 1.16. The molecule has 0 aliphatic carbocycles. The summed E-state index contributed by atoms with van der Waals surface area (Å²) in [5.74, 6) is -0.408. The van der Waals surface area contributed by atoms with Crippen molar-refractivity contribution in [2.24, 2.45) is 0 Å². The van der Waals surface area contributed by atoms with Gasteiger partial charge in [0.1, 0.15) is 5.82 Å². The van der Waals surface area contributed by atoms with E-state index in [1.807, 2.05) is 0 Å². The second-order valence-corrected chi connectivity index (χ2v) is 3.81. The van der Waals surface area contributed by atoms with Crippen LogP contribution in [-0.2, 0) is 11.2 Å². The minimum absolute atomic E-state index is 0.0532. The molecule has 1 atom stereocenters. The molecule has 0 saturated carbocycles. The molecule has 0 bridgehead atoms. The Balaban J connectivity index is 2.73. The molecule has 0 amide bonds. The lowest BCUT2D eigenvalue weighted by Crippen LogP contribution is -2.31. The van der Waals surface area contributed by atoms with Gasteiger partial charge in [0.25, 0.3) is 0 Å². The number of benzene rings is 1. The fraction of sp³-hybridized carbons (Fsp3) is 0.364. The highest BCUT2D eigenvalue weighted by molar-refractivity contribution is 6.30. The van der Waals surface area contributed by atoms with Crippen molar-refractivity contribution >= 4 is 17.4 Å². The second-order valence-electron chi connectivity index (χ2n) is 3.40. The van der Waals surface area contributed by atoms with Crippen molar-refractivity contribution in [3.05, 3.63) is 34.6 Å². The summed E-state index contributed by atoms with van der Waals surface area (Å²) in [6, 6.07) is 4.13. The van der Waals surface area contributed by atoms with Crippen LogP contribution in [0.15, 0.2) is 18.2 Å². The van der Waals surface area contributed by atoms with Gasteiger partial charge in [0.2, 0.25) is 0 Å². The van der Waals surface area contributed by atoms with Crippen LogP contribution >= 0.6 is 11.6 Å². The predicted molar refractivity (Wildman–Crippen MR) is 58.6 cm³/mol. The Morgan fingerprint density at radius 1 is 1.60 bits per heavy atom. The molecule has 0 aromatic heterocycles. The smallest absolute Gasteiger partial charge is 0.153 e. The number of nitrogens with one attached hydrogen (secondary N) is 1. The Kier molecular flexibility index (Phi) is 4.24. The van der Waals surface area contributed by atoms with Crippen LogP contribution < -0.4 is 5.32 Å². The molecule has 0 radical (unpaired) electrons. The molecule has 0 fully saturated rings. The van der Waals surface area contributed by atoms with Crippen LogP contribution in [0.25, 0.3) is 0 Å². The van der Waals surface area contributed by atoms with Gasteiger partial charge in [-0.25, -0.2) is 4.39 Å². The van der Waals surface area contributed by atoms with E-state index in [4.69, 9.17) is 11.6 Å². The highest BCUT2D eigenvalue weighted by Crippen LogP contribution is 2.16. The van der Waals surface area contributed by atoms with E-state index in [1.165, 1.54) is 12.1 Å². The topological polar surface area (TPSA) is 29.1 Å². The van der Waals surface area contributed by atoms with Gasteiger partial charge in [0.05, 0.1) is 11.1 Å². The van der Waals surface area contributed by atoms with E-state index in [2.05, 4.69) is 5.32 Å². The first-order valence-electron chi connectivity index (χ1n) is 4.68. The Labute approximate surface area is 93.4 Å². The lowest BCUT2D eigenvalue weighted by Gasteiger charge is -2.08. The normalized spacial score (nSPS) is 12.5. The van der Waals surface area contributed by atoms with Gasteiger partial charge in [-0.1, -0.05) is 17.7 Å². The van der Waals surface area contributed by atoms with Crippen molar-refractivity contribution < 1.29 is 9.18 Å². The number of Topliss-reactive ketones (excluding diaryl/α,β-unsaturated/α-hetero) is 1. The molecular formula is C11H13ClFNO. The van der Waals surface area contributed by atoms with Crippen LogP contribution in [0.1, 0.15) is 12.5 Å². The minimum atomic E-state index is -0.463. The number of carbonyl (C=O) groups excluding carboxylic acids is 1. The molecule has 1 aromatic rings. The zero-order valence-electron chi connectivity index (χ0n) is 8.68. The Hall–Kier alpha value is -0.930. The number of ketones is 1. The third kappa shape index (κ3) is 3.29. The standard InChI is InChI=1S/C11H13ClFNO/c1-7(14-2)11(15)6-8-3-4-10(13)9(12)5-8/h3-5,7,14H,6H2,1-2H3. The molecule has 1 aromatic carbocycles. The molecule has 82 valence electrons. The molecule has 0 saturated heterocycles. The molecule has 0 heterocycles. The zero-order chi connectivity index (χ0) is 11.4. The van der Waals surface area contributed by atoms with Crippen molar-refractivity contribution in [1.29, 1.82) is 0 Å². The Morgan fingerprint density at radius 3 is 2.80 bits per heavy atom. The van der Waals surface area contributed by atoms with Crippen molar-refractivity contribution in [1.82, 2.24) is 5.32 Å². The van der Waals surface area contributed by atoms with E-state index in [9.17, 15) is 9.18 Å². The van der Waals surface area contributed by atoms with Crippen LogP contribution in [0.4, 0.5) is 4.39 Å². The lowest BCUT2D eigenvalue weighted by molar-refractivity contribution is -0.119. The zero-order valence-corrected chi connectivity index (χ0v) is 9.44. The second kappa shape index (κ2) is 5.24. The SMILES string of the molecule is CNC(C)C(=O)Cc1ccc(F)c(Cl)c1. The maximum absolute atomic E-state index is 12.8. The molecule has 1 N–H and O–H groups in total. The van der Waals surface area contributed by atoms with Crippen molar-refractivity contribution in [2.45, 2.75) is 19.4 Å². The molecule has 2 nitrogen and oxygen atoms in total. The van der Waals surface area contributed by atoms with Gasteiger partial charge >= 0.3 is 0 Å². The molecular weight excluding hydrogens is 217 g/mol. The maximum atomic E-state index is 12.8. The summed E-state index contributed by atoms with van der Waals surface area (Å²) in [5, 5.41) is 2.91. The fourth-order valence-corrected chi connectivity index (χ4v) is 1.37. The van der Waals surface area contributed by atoms with Gasteiger partial charge in [-0.3, -0.25) is 4.79 Å². The molecule has 0 aliphatic heterocycles. The average Bonchev–Trinajstić information content (AvgIpc) is 2.22. The largest absolute Gasteiger partial charge is 0.311 e. The van der Waals surface area contributed by atoms with E-state index < -0.39 is 5.82 Å². The van der Waals surface area contributed by atoms with Gasteiger partial charge in [-0.05, 0) is 31.7 Å². The van der Waals surface area contributed by atoms with Gasteiger partial charge in [-0.2, -0.15) is 0 Å². The molecule has 1 unspecified atom stereocenters. The summed E-state index contributed by atoms with van der Waals surface area (Å²) >= 11 is 5.61. The molecule has 0 spiro atoms. The van der Waals surface area contributed by atoms with E-state index in [0.29, 0.717) is 0 Å². The number of carbonyl (C=O) groups is 1. The number of halogens is 2. The van der Waals surface area contributed by atoms with Gasteiger partial charge in [-0.15, -0.1) is 0 Å². The summed E-state index contributed by atoms with van der Waals surface area (Å²) < 4.78 is 12.8. The van der Waals surface area contributed by atoms with E-state index in [1.54, 1.807) is 20.0 Å². The predicted octanol–water partition coefficient (Wildman–Crippen LogP) is 2.20. The van der Waals surface area contributed by atoms with E-state index in [-0.39, 0.29) is 23.3 Å². The van der Waals surface area contributed by atoms with E-state index in [0.717, 1.165) is 5.56 Å². The van der Waals surface area contributed by atoms with E-state index >= 15 is 0 Å². The molecule has 1 rings (SSSR count). The Bertz CT molecular complexity index is 368. The number of rotatable bonds is 4. The van der Waals surface area contributed by atoms with Crippen LogP contribution in [0, 0.1) is 5.82 Å². The average molecular weight is 230 g/mol. The third-order valence-corrected chi connectivity index (χ3v) is 2.57. The quantitative estimate of drug-likeness (QED) is 0.858. The van der Waals surface area contributed by atoms with Crippen LogP contribution in [0.5, 0.6) is 0 Å². The highest BCUT2D eigenvalue weighted by atomic mass is 35.5. The lowest BCUT2D eigenvalue weighted by atomic mass is 10.1. The molecule has 0 aliphatic rings. The summed E-state index contributed by atoms with van der Waals surface area (Å²) in [6.45, 7) is 1.79. The number of hydrogen-bond donors (Lipinski definition) is 1. The first kappa shape index (κ1) is 12.1. The summed E-state index contributed by atoms with van der Waals surface area (Å²) in [5.41, 5.74) is 0.730. The Morgan fingerprint density at radius 2 is 2.27 bits per heavy atom. The molecule has 15 heavy (non-hydrogen) atoms. The highest BCUT2D eigenvalue weighted by Gasteiger charge is 2.11. The van der Waals surface area contributed by atoms with Gasteiger partial charge in [0.15, 0.2) is 5.78 Å². The first-order valence-corrected chi connectivity index (χ1v) is 5.06. The van der Waals surface area contributed by atoms with Gasteiger partial charge < -0.3 is 5.32 Å². The van der Waals surface area contributed by atoms with Gasteiger partial charge in [0, 0.05) is 6.42 Å². The summed E-state index contributed by atoms with van der Waals surface area (Å²) in [6.07, 6.45) is 0.266. The van der Waals surface area contributed by atoms with Crippen molar-refractivity contribution in [2.75, 3.05) is 7.05 Å². The van der Waals surface area contributed by atoms with Crippen LogP contribution in [0.2, 0.25) is 5.02 Å². The first-order chi connectivity index (χ1) is 7.04. The third-order valence-electron chi connectivity index (χ3n) is 2.28. The maximum Gasteiger partial charge on any atom is 0.153 e.